The van der Waals surface area contributed by atoms with Crippen LogP contribution in [0.4, 0.5) is 5.82 Å². The Labute approximate surface area is 234 Å². The Hall–Kier alpha value is -1.53. The molecule has 3 saturated heterocycles. The molecule has 0 bridgehead atoms. The fourth-order valence-corrected chi connectivity index (χ4v) is 8.37. The maximum atomic E-state index is 11.9. The van der Waals surface area contributed by atoms with Crippen molar-refractivity contribution >= 4 is 39.0 Å². The number of pyridine rings is 2. The second-order valence-electron chi connectivity index (χ2n) is 11.4. The predicted molar refractivity (Wildman–Crippen MR) is 148 cm³/mol. The Balaban J connectivity index is 1.07. The highest BCUT2D eigenvalue weighted by Crippen LogP contribution is 2.44. The van der Waals surface area contributed by atoms with Gasteiger partial charge in [-0.25, -0.2) is 23.1 Å². The molecule has 5 heterocycles. The summed E-state index contributed by atoms with van der Waals surface area (Å²) in [6.45, 7) is 4.93. The van der Waals surface area contributed by atoms with Crippen LogP contribution in [-0.4, -0.2) is 67.3 Å². The zero-order valence-electron chi connectivity index (χ0n) is 21.6. The minimum Gasteiger partial charge on any atom is -0.370 e. The molecule has 9 nitrogen and oxygen atoms in total. The monoisotopic (exact) mass is 580 g/mol. The van der Waals surface area contributed by atoms with E-state index < -0.39 is 10.0 Å². The zero-order chi connectivity index (χ0) is 26.7. The third kappa shape index (κ3) is 5.05. The Bertz CT molecular complexity index is 1270. The van der Waals surface area contributed by atoms with Gasteiger partial charge in [0.05, 0.1) is 34.6 Å². The van der Waals surface area contributed by atoms with Crippen molar-refractivity contribution < 1.29 is 13.2 Å². The van der Waals surface area contributed by atoms with Crippen LogP contribution in [0.15, 0.2) is 30.7 Å². The summed E-state index contributed by atoms with van der Waals surface area (Å²) in [4.78, 5) is 11.1. The quantitative estimate of drug-likeness (QED) is 0.533. The first-order chi connectivity index (χ1) is 18.1. The Morgan fingerprint density at radius 3 is 2.53 bits per heavy atom. The van der Waals surface area contributed by atoms with E-state index in [0.717, 1.165) is 55.7 Å². The molecule has 2 aromatic rings. The molecule has 2 N–H and O–H groups in total. The summed E-state index contributed by atoms with van der Waals surface area (Å²) >= 11 is 12.7. The van der Waals surface area contributed by atoms with Crippen LogP contribution in [0.2, 0.25) is 10.0 Å². The highest BCUT2D eigenvalue weighted by molar-refractivity contribution is 7.88. The van der Waals surface area contributed by atoms with Gasteiger partial charge in [-0.05, 0) is 50.2 Å². The van der Waals surface area contributed by atoms with Crippen LogP contribution in [0.25, 0.3) is 0 Å². The third-order valence-electron chi connectivity index (χ3n) is 8.78. The molecule has 12 heteroatoms. The summed E-state index contributed by atoms with van der Waals surface area (Å²) in [7, 11) is -3.12. The van der Waals surface area contributed by atoms with Crippen molar-refractivity contribution in [3.8, 4) is 0 Å². The second kappa shape index (κ2) is 10.1. The molecule has 0 amide bonds. The number of hydrogen-bond acceptors (Lipinski definition) is 8. The van der Waals surface area contributed by atoms with E-state index in [-0.39, 0.29) is 23.7 Å². The molecule has 6 rings (SSSR count). The van der Waals surface area contributed by atoms with Crippen LogP contribution in [0.3, 0.4) is 0 Å². The molecular formula is C26H34Cl2N6O3S. The van der Waals surface area contributed by atoms with Crippen molar-refractivity contribution in [1.82, 2.24) is 25.1 Å². The average molecular weight is 582 g/mol. The number of anilines is 1. The molecule has 4 fully saturated rings. The molecule has 1 aliphatic carbocycles. The standard InChI is InChI=1S/C26H34Cl2N6O3S/c1-16(24-20(27)11-29-12-21(24)28)37-18-4-5-22-19(9-18)25(32-31-22)17-3-6-23(30-10-17)33-13-26(14-33)7-8-34(15-26)38(2,35)36/h3,6,10-12,16,18-19,22,25,31-32H,4-5,7-9,13-15H2,1-2H3/t16-,18?,19?,22?,25?/m1/s1. The van der Waals surface area contributed by atoms with E-state index in [2.05, 4.69) is 32.9 Å². The molecule has 0 aromatic carbocycles. The van der Waals surface area contributed by atoms with Gasteiger partial charge < -0.3 is 9.64 Å². The number of nitrogens with zero attached hydrogens (tertiary/aromatic N) is 4. The van der Waals surface area contributed by atoms with E-state index >= 15 is 0 Å². The minimum absolute atomic E-state index is 0.0620. The van der Waals surface area contributed by atoms with Crippen molar-refractivity contribution in [2.75, 3.05) is 37.3 Å². The number of sulfonamides is 1. The molecule has 4 unspecified atom stereocenters. The minimum atomic E-state index is -3.12. The highest BCUT2D eigenvalue weighted by atomic mass is 35.5. The van der Waals surface area contributed by atoms with E-state index in [1.807, 2.05) is 13.1 Å². The first-order valence-electron chi connectivity index (χ1n) is 13.2. The molecular weight excluding hydrogens is 547 g/mol. The lowest BCUT2D eigenvalue weighted by Gasteiger charge is -2.48. The van der Waals surface area contributed by atoms with Gasteiger partial charge in [0.25, 0.3) is 0 Å². The first-order valence-corrected chi connectivity index (χ1v) is 15.8. The normalized spacial score (nSPS) is 29.8. The maximum absolute atomic E-state index is 11.9. The molecule has 4 aliphatic rings. The van der Waals surface area contributed by atoms with Gasteiger partial charge in [-0.1, -0.05) is 29.3 Å². The molecule has 0 radical (unpaired) electrons. The summed E-state index contributed by atoms with van der Waals surface area (Å²) in [6.07, 6.45) is 10.2. The largest absolute Gasteiger partial charge is 0.370 e. The molecule has 2 aromatic heterocycles. The van der Waals surface area contributed by atoms with Crippen LogP contribution in [0.5, 0.6) is 0 Å². The smallest absolute Gasteiger partial charge is 0.211 e. The molecule has 1 spiro atoms. The van der Waals surface area contributed by atoms with Crippen molar-refractivity contribution in [2.24, 2.45) is 11.3 Å². The van der Waals surface area contributed by atoms with E-state index in [4.69, 9.17) is 32.9 Å². The Kier molecular flexibility index (Phi) is 7.12. The van der Waals surface area contributed by atoms with Crippen LogP contribution >= 0.6 is 23.2 Å². The number of rotatable bonds is 6. The van der Waals surface area contributed by atoms with Gasteiger partial charge in [0.2, 0.25) is 10.0 Å². The van der Waals surface area contributed by atoms with Crippen LogP contribution in [-0.2, 0) is 14.8 Å². The number of aromatic nitrogens is 2. The fraction of sp³-hybridized carbons (Fsp3) is 0.615. The molecule has 206 valence electrons. The Morgan fingerprint density at radius 2 is 1.87 bits per heavy atom. The van der Waals surface area contributed by atoms with Gasteiger partial charge in [0, 0.05) is 61.8 Å². The molecule has 5 atom stereocenters. The van der Waals surface area contributed by atoms with Crippen LogP contribution in [0, 0.1) is 11.3 Å². The number of fused-ring (bicyclic) bond motifs is 1. The van der Waals surface area contributed by atoms with Gasteiger partial charge in [-0.3, -0.25) is 10.4 Å². The van der Waals surface area contributed by atoms with Gasteiger partial charge in [-0.15, -0.1) is 0 Å². The second-order valence-corrected chi connectivity index (χ2v) is 14.2. The summed E-state index contributed by atoms with van der Waals surface area (Å²) < 4.78 is 31.9. The summed E-state index contributed by atoms with van der Waals surface area (Å²) in [5, 5.41) is 1.06. The number of nitrogens with one attached hydrogen (secondary N) is 2. The molecule has 38 heavy (non-hydrogen) atoms. The third-order valence-corrected chi connectivity index (χ3v) is 10.6. The molecule has 3 aliphatic heterocycles. The fourth-order valence-electron chi connectivity index (χ4n) is 6.77. The Morgan fingerprint density at radius 1 is 1.11 bits per heavy atom. The zero-order valence-corrected chi connectivity index (χ0v) is 23.9. The van der Waals surface area contributed by atoms with Gasteiger partial charge >= 0.3 is 0 Å². The SMILES string of the molecule is C[C@@H](OC1CCC2NNC(c3ccc(N4CC5(CCN(S(C)(=O)=O)C5)C4)nc3)C2C1)c1c(Cl)cncc1Cl. The van der Waals surface area contributed by atoms with E-state index in [9.17, 15) is 8.42 Å². The van der Waals surface area contributed by atoms with Crippen LogP contribution in [0.1, 0.15) is 55.9 Å². The van der Waals surface area contributed by atoms with Gasteiger partial charge in [-0.2, -0.15) is 0 Å². The number of hydrogen-bond donors (Lipinski definition) is 2. The van der Waals surface area contributed by atoms with Crippen molar-refractivity contribution in [2.45, 2.75) is 56.9 Å². The average Bonchev–Trinajstić information content (AvgIpc) is 3.48. The lowest BCUT2D eigenvalue weighted by molar-refractivity contribution is -0.0370. The summed E-state index contributed by atoms with van der Waals surface area (Å²) in [5.74, 6) is 1.33. The number of ether oxygens (including phenoxy) is 1. The first kappa shape index (κ1) is 26.7. The van der Waals surface area contributed by atoms with Gasteiger partial charge in [0.15, 0.2) is 0 Å². The predicted octanol–water partition coefficient (Wildman–Crippen LogP) is 3.72. The summed E-state index contributed by atoms with van der Waals surface area (Å²) in [5.41, 5.74) is 9.00. The van der Waals surface area contributed by atoms with E-state index in [1.165, 1.54) is 6.26 Å². The molecule has 1 saturated carbocycles. The van der Waals surface area contributed by atoms with Crippen LogP contribution < -0.4 is 15.8 Å². The van der Waals surface area contributed by atoms with Crippen molar-refractivity contribution in [1.29, 1.82) is 0 Å². The lowest BCUT2D eigenvalue weighted by atomic mass is 9.78. The van der Waals surface area contributed by atoms with Crippen molar-refractivity contribution in [3.05, 3.63) is 51.9 Å². The highest BCUT2D eigenvalue weighted by Gasteiger charge is 2.50. The maximum Gasteiger partial charge on any atom is 0.211 e. The van der Waals surface area contributed by atoms with Gasteiger partial charge in [0.1, 0.15) is 5.82 Å². The number of hydrazine groups is 1. The number of halogens is 2. The van der Waals surface area contributed by atoms with Crippen molar-refractivity contribution in [3.63, 3.8) is 0 Å². The lowest BCUT2D eigenvalue weighted by Crippen LogP contribution is -2.58. The summed E-state index contributed by atoms with van der Waals surface area (Å²) in [6, 6.07) is 4.79. The van der Waals surface area contributed by atoms with E-state index in [0.29, 0.717) is 35.1 Å². The van der Waals surface area contributed by atoms with E-state index in [1.54, 1.807) is 16.7 Å². The topological polar surface area (TPSA) is 99.7 Å².